The van der Waals surface area contributed by atoms with Crippen molar-refractivity contribution in [2.45, 2.75) is 17.0 Å². The lowest BCUT2D eigenvalue weighted by atomic mass is 10.1. The Kier molecular flexibility index (Phi) is 3.10. The van der Waals surface area contributed by atoms with Crippen molar-refractivity contribution in [3.05, 3.63) is 29.3 Å². The topological polar surface area (TPSA) is 80.9 Å². The lowest BCUT2D eigenvalue weighted by Crippen LogP contribution is -2.00. The summed E-state index contributed by atoms with van der Waals surface area (Å²) in [4.78, 5) is 11.7. The summed E-state index contributed by atoms with van der Waals surface area (Å²) in [6.45, 7) is 1.91. The van der Waals surface area contributed by atoms with Gasteiger partial charge in [-0.25, -0.2) is 9.48 Å². The molecule has 1 aromatic heterocycles. The van der Waals surface area contributed by atoms with E-state index in [0.717, 1.165) is 5.56 Å². The minimum Gasteiger partial charge on any atom is -0.478 e. The van der Waals surface area contributed by atoms with E-state index in [1.165, 1.54) is 16.4 Å². The van der Waals surface area contributed by atoms with E-state index in [4.69, 9.17) is 5.11 Å². The Morgan fingerprint density at radius 2 is 2.24 bits per heavy atom. The van der Waals surface area contributed by atoms with E-state index in [1.807, 2.05) is 13.0 Å². The number of hydrogen-bond acceptors (Lipinski definition) is 5. The minimum atomic E-state index is -0.956. The van der Waals surface area contributed by atoms with Crippen molar-refractivity contribution in [1.82, 2.24) is 20.2 Å². The first-order valence-corrected chi connectivity index (χ1v) is 5.63. The molecule has 0 aliphatic heterocycles. The monoisotopic (exact) mass is 250 g/mol. The molecule has 0 bridgehead atoms. The SMILES string of the molecule is Cc1ccc(C(=O)O)c(Sc2nnnn2C)c1. The third-order valence-corrected chi connectivity index (χ3v) is 3.24. The molecule has 0 atom stereocenters. The lowest BCUT2D eigenvalue weighted by Gasteiger charge is -2.05. The average Bonchev–Trinajstić information content (AvgIpc) is 2.64. The van der Waals surface area contributed by atoms with Crippen LogP contribution in [0.3, 0.4) is 0 Å². The van der Waals surface area contributed by atoms with E-state index in [9.17, 15) is 4.79 Å². The Morgan fingerprint density at radius 1 is 1.47 bits per heavy atom. The summed E-state index contributed by atoms with van der Waals surface area (Å²) in [6, 6.07) is 5.16. The fourth-order valence-electron chi connectivity index (χ4n) is 1.30. The van der Waals surface area contributed by atoms with Gasteiger partial charge in [0.1, 0.15) is 0 Å². The predicted molar refractivity (Wildman–Crippen MR) is 61.1 cm³/mol. The first-order chi connectivity index (χ1) is 8.08. The minimum absolute atomic E-state index is 0.253. The van der Waals surface area contributed by atoms with Crippen LogP contribution in [-0.4, -0.2) is 31.3 Å². The summed E-state index contributed by atoms with van der Waals surface area (Å²) in [5.41, 5.74) is 1.25. The van der Waals surface area contributed by atoms with Gasteiger partial charge in [0.25, 0.3) is 0 Å². The number of aromatic nitrogens is 4. The van der Waals surface area contributed by atoms with Gasteiger partial charge >= 0.3 is 5.97 Å². The zero-order valence-corrected chi connectivity index (χ0v) is 10.1. The molecule has 0 aliphatic carbocycles. The quantitative estimate of drug-likeness (QED) is 0.886. The molecule has 2 aromatic rings. The molecule has 0 spiro atoms. The summed E-state index contributed by atoms with van der Waals surface area (Å²) in [6.07, 6.45) is 0. The van der Waals surface area contributed by atoms with Gasteiger partial charge in [-0.1, -0.05) is 6.07 Å². The number of aryl methyl sites for hydroxylation is 2. The van der Waals surface area contributed by atoms with Crippen LogP contribution in [0.15, 0.2) is 28.3 Å². The van der Waals surface area contributed by atoms with Crippen LogP contribution < -0.4 is 0 Å². The number of rotatable bonds is 3. The number of benzene rings is 1. The Hall–Kier alpha value is -1.89. The number of tetrazole rings is 1. The van der Waals surface area contributed by atoms with Crippen LogP contribution >= 0.6 is 11.8 Å². The molecule has 7 heteroatoms. The third-order valence-electron chi connectivity index (χ3n) is 2.15. The zero-order valence-electron chi connectivity index (χ0n) is 9.28. The van der Waals surface area contributed by atoms with E-state index in [1.54, 1.807) is 19.2 Å². The largest absolute Gasteiger partial charge is 0.478 e. The van der Waals surface area contributed by atoms with Gasteiger partial charge in [0.15, 0.2) is 0 Å². The number of aromatic carboxylic acids is 1. The Bertz CT molecular complexity index is 567. The second kappa shape index (κ2) is 4.54. The molecule has 0 amide bonds. The molecule has 0 aliphatic rings. The van der Waals surface area contributed by atoms with Crippen molar-refractivity contribution in [2.75, 3.05) is 0 Å². The van der Waals surface area contributed by atoms with E-state index < -0.39 is 5.97 Å². The van der Waals surface area contributed by atoms with Crippen molar-refractivity contribution in [1.29, 1.82) is 0 Å². The van der Waals surface area contributed by atoms with Crippen LogP contribution in [0.25, 0.3) is 0 Å². The summed E-state index contributed by atoms with van der Waals surface area (Å²) < 4.78 is 1.50. The summed E-state index contributed by atoms with van der Waals surface area (Å²) in [5, 5.41) is 20.7. The Morgan fingerprint density at radius 3 is 2.82 bits per heavy atom. The van der Waals surface area contributed by atoms with Gasteiger partial charge in [0.05, 0.1) is 5.56 Å². The van der Waals surface area contributed by atoms with Gasteiger partial charge < -0.3 is 5.11 Å². The van der Waals surface area contributed by atoms with Crippen LogP contribution in [-0.2, 0) is 7.05 Å². The molecule has 2 rings (SSSR count). The molecule has 0 unspecified atom stereocenters. The van der Waals surface area contributed by atoms with Crippen molar-refractivity contribution < 1.29 is 9.90 Å². The number of carboxylic acids is 1. The third kappa shape index (κ3) is 2.44. The molecule has 88 valence electrons. The zero-order chi connectivity index (χ0) is 12.4. The molecule has 0 radical (unpaired) electrons. The summed E-state index contributed by atoms with van der Waals surface area (Å²) in [5.74, 6) is -0.956. The fraction of sp³-hybridized carbons (Fsp3) is 0.200. The Labute approximate surface area is 102 Å². The Balaban J connectivity index is 2.41. The van der Waals surface area contributed by atoms with Gasteiger partial charge in [0.2, 0.25) is 5.16 Å². The smallest absolute Gasteiger partial charge is 0.336 e. The summed E-state index contributed by atoms with van der Waals surface area (Å²) >= 11 is 1.24. The molecule has 17 heavy (non-hydrogen) atoms. The number of carboxylic acid groups (broad SMARTS) is 1. The van der Waals surface area contributed by atoms with Crippen molar-refractivity contribution >= 4 is 17.7 Å². The highest BCUT2D eigenvalue weighted by Crippen LogP contribution is 2.29. The van der Waals surface area contributed by atoms with Crippen molar-refractivity contribution in [2.24, 2.45) is 7.05 Å². The van der Waals surface area contributed by atoms with E-state index >= 15 is 0 Å². The molecule has 1 heterocycles. The average molecular weight is 250 g/mol. The lowest BCUT2D eigenvalue weighted by molar-refractivity contribution is 0.0693. The van der Waals surface area contributed by atoms with E-state index in [0.29, 0.717) is 10.1 Å². The second-order valence-corrected chi connectivity index (χ2v) is 4.50. The normalized spacial score (nSPS) is 10.5. The summed E-state index contributed by atoms with van der Waals surface area (Å²) in [7, 11) is 1.71. The molecule has 0 fully saturated rings. The van der Waals surface area contributed by atoms with Gasteiger partial charge in [-0.3, -0.25) is 0 Å². The molecule has 1 aromatic carbocycles. The second-order valence-electron chi connectivity index (χ2n) is 3.49. The van der Waals surface area contributed by atoms with Gasteiger partial charge in [0, 0.05) is 11.9 Å². The predicted octanol–water partition coefficient (Wildman–Crippen LogP) is 1.37. The molecule has 0 saturated carbocycles. The van der Waals surface area contributed by atoms with Gasteiger partial charge in [-0.15, -0.1) is 5.10 Å². The molecular weight excluding hydrogens is 240 g/mol. The fourth-order valence-corrected chi connectivity index (χ4v) is 2.25. The van der Waals surface area contributed by atoms with Crippen LogP contribution in [0.2, 0.25) is 0 Å². The van der Waals surface area contributed by atoms with Crippen LogP contribution in [0.4, 0.5) is 0 Å². The number of nitrogens with zero attached hydrogens (tertiary/aromatic N) is 4. The van der Waals surface area contributed by atoms with Crippen molar-refractivity contribution in [3.63, 3.8) is 0 Å². The van der Waals surface area contributed by atoms with E-state index in [-0.39, 0.29) is 5.56 Å². The maximum absolute atomic E-state index is 11.1. The van der Waals surface area contributed by atoms with Crippen LogP contribution in [0, 0.1) is 6.92 Å². The molecular formula is C10H10N4O2S. The highest BCUT2D eigenvalue weighted by molar-refractivity contribution is 7.99. The maximum Gasteiger partial charge on any atom is 0.336 e. The maximum atomic E-state index is 11.1. The highest BCUT2D eigenvalue weighted by atomic mass is 32.2. The van der Waals surface area contributed by atoms with Crippen molar-refractivity contribution in [3.8, 4) is 0 Å². The number of hydrogen-bond donors (Lipinski definition) is 1. The molecule has 0 saturated heterocycles. The van der Waals surface area contributed by atoms with Crippen LogP contribution in [0.1, 0.15) is 15.9 Å². The molecule has 6 nitrogen and oxygen atoms in total. The first kappa shape index (κ1) is 11.6. The standard InChI is InChI=1S/C10H10N4O2S/c1-6-3-4-7(9(15)16)8(5-6)17-10-11-12-13-14(10)2/h3-5H,1-2H3,(H,15,16). The van der Waals surface area contributed by atoms with E-state index in [2.05, 4.69) is 15.5 Å². The van der Waals surface area contributed by atoms with Crippen LogP contribution in [0.5, 0.6) is 0 Å². The van der Waals surface area contributed by atoms with Gasteiger partial charge in [-0.05, 0) is 46.8 Å². The number of carbonyl (C=O) groups is 1. The molecule has 1 N–H and O–H groups in total. The first-order valence-electron chi connectivity index (χ1n) is 4.82. The van der Waals surface area contributed by atoms with Gasteiger partial charge in [-0.2, -0.15) is 0 Å². The highest BCUT2D eigenvalue weighted by Gasteiger charge is 2.13.